The van der Waals surface area contributed by atoms with E-state index in [4.69, 9.17) is 14.2 Å². The molecule has 0 aliphatic carbocycles. The summed E-state index contributed by atoms with van der Waals surface area (Å²) in [5, 5.41) is 25.4. The number of aromatic amines is 1. The van der Waals surface area contributed by atoms with Gasteiger partial charge in [0.15, 0.2) is 11.5 Å². The SMILES string of the molecule is COc1cc(N=C(c2nn[nH]n2)c2c(O)c3ccccc3n(C)c2=O)cc(OC)c1OC. The molecule has 2 aromatic carbocycles. The quantitative estimate of drug-likeness (QED) is 0.438. The van der Waals surface area contributed by atoms with Gasteiger partial charge in [-0.3, -0.25) is 4.79 Å². The molecule has 0 radical (unpaired) electrons. The fraction of sp³-hybridized carbons (Fsp3) is 0.190. The fourth-order valence-corrected chi connectivity index (χ4v) is 3.43. The van der Waals surface area contributed by atoms with Crippen LogP contribution >= 0.6 is 0 Å². The van der Waals surface area contributed by atoms with Crippen LogP contribution in [0, 0.1) is 0 Å². The number of rotatable bonds is 6. The number of nitrogens with zero attached hydrogens (tertiary/aromatic N) is 5. The lowest BCUT2D eigenvalue weighted by atomic mass is 10.1. The number of hydrogen-bond acceptors (Lipinski definition) is 9. The van der Waals surface area contributed by atoms with Crippen LogP contribution in [-0.4, -0.2) is 57.3 Å². The van der Waals surface area contributed by atoms with E-state index in [2.05, 4.69) is 25.6 Å². The highest BCUT2D eigenvalue weighted by Gasteiger charge is 2.24. The van der Waals surface area contributed by atoms with Gasteiger partial charge in [-0.25, -0.2) is 4.99 Å². The van der Waals surface area contributed by atoms with Gasteiger partial charge in [-0.2, -0.15) is 5.21 Å². The fourth-order valence-electron chi connectivity index (χ4n) is 3.43. The molecule has 4 rings (SSSR count). The Hall–Kier alpha value is -4.41. The van der Waals surface area contributed by atoms with E-state index in [1.54, 1.807) is 43.4 Å². The Bertz CT molecular complexity index is 1350. The average Bonchev–Trinajstić information content (AvgIpc) is 3.36. The molecule has 11 nitrogen and oxygen atoms in total. The summed E-state index contributed by atoms with van der Waals surface area (Å²) in [5.41, 5.74) is 0.406. The van der Waals surface area contributed by atoms with Gasteiger partial charge in [0.2, 0.25) is 11.6 Å². The Labute approximate surface area is 181 Å². The van der Waals surface area contributed by atoms with E-state index in [9.17, 15) is 9.90 Å². The van der Waals surface area contributed by atoms with Crippen molar-refractivity contribution in [2.75, 3.05) is 21.3 Å². The van der Waals surface area contributed by atoms with E-state index in [1.165, 1.54) is 25.9 Å². The van der Waals surface area contributed by atoms with Gasteiger partial charge in [-0.05, 0) is 17.3 Å². The number of methoxy groups -OCH3 is 3. The van der Waals surface area contributed by atoms with Gasteiger partial charge in [0.1, 0.15) is 17.0 Å². The van der Waals surface area contributed by atoms with Crippen LogP contribution < -0.4 is 19.8 Å². The Morgan fingerprint density at radius 3 is 2.38 bits per heavy atom. The molecule has 2 heterocycles. The van der Waals surface area contributed by atoms with E-state index >= 15 is 0 Å². The number of pyridine rings is 1. The van der Waals surface area contributed by atoms with Gasteiger partial charge in [0, 0.05) is 24.6 Å². The first kappa shape index (κ1) is 20.8. The number of aliphatic imine (C=N–C) groups is 1. The van der Waals surface area contributed by atoms with Crippen molar-refractivity contribution >= 4 is 22.3 Å². The van der Waals surface area contributed by atoms with Crippen molar-refractivity contribution in [3.63, 3.8) is 0 Å². The lowest BCUT2D eigenvalue weighted by molar-refractivity contribution is 0.324. The minimum Gasteiger partial charge on any atom is -0.506 e. The molecule has 0 fully saturated rings. The van der Waals surface area contributed by atoms with Crippen molar-refractivity contribution in [2.45, 2.75) is 0 Å². The molecule has 0 saturated heterocycles. The summed E-state index contributed by atoms with van der Waals surface area (Å²) >= 11 is 0. The minimum absolute atomic E-state index is 0.0249. The molecule has 0 saturated carbocycles. The number of para-hydroxylation sites is 1. The number of fused-ring (bicyclic) bond motifs is 1. The van der Waals surface area contributed by atoms with Crippen LogP contribution in [0.4, 0.5) is 5.69 Å². The van der Waals surface area contributed by atoms with Crippen molar-refractivity contribution in [1.29, 1.82) is 0 Å². The molecule has 32 heavy (non-hydrogen) atoms. The van der Waals surface area contributed by atoms with E-state index in [0.717, 1.165) is 0 Å². The Morgan fingerprint density at radius 2 is 1.78 bits per heavy atom. The molecule has 4 aromatic rings. The largest absolute Gasteiger partial charge is 0.506 e. The molecule has 2 N–H and O–H groups in total. The second-order valence-electron chi connectivity index (χ2n) is 6.68. The van der Waals surface area contributed by atoms with Crippen LogP contribution in [0.1, 0.15) is 11.4 Å². The number of aromatic hydroxyl groups is 1. The molecule has 0 amide bonds. The molecule has 164 valence electrons. The van der Waals surface area contributed by atoms with E-state index in [0.29, 0.717) is 33.8 Å². The molecular weight excluding hydrogens is 416 g/mol. The number of aromatic nitrogens is 5. The van der Waals surface area contributed by atoms with E-state index in [-0.39, 0.29) is 22.8 Å². The first-order chi connectivity index (χ1) is 15.5. The molecule has 0 spiro atoms. The molecule has 0 atom stereocenters. The third-order valence-electron chi connectivity index (χ3n) is 4.96. The summed E-state index contributed by atoms with van der Waals surface area (Å²) in [6.45, 7) is 0. The Balaban J connectivity index is 2.04. The van der Waals surface area contributed by atoms with Crippen LogP contribution in [0.5, 0.6) is 23.0 Å². The van der Waals surface area contributed by atoms with Crippen molar-refractivity contribution in [3.8, 4) is 23.0 Å². The number of tetrazole rings is 1. The molecule has 0 aliphatic heterocycles. The van der Waals surface area contributed by atoms with Gasteiger partial charge < -0.3 is 23.9 Å². The smallest absolute Gasteiger partial charge is 0.264 e. The third-order valence-corrected chi connectivity index (χ3v) is 4.96. The first-order valence-electron chi connectivity index (χ1n) is 9.43. The number of nitrogens with one attached hydrogen (secondary N) is 1. The maximum Gasteiger partial charge on any atom is 0.264 e. The lowest BCUT2D eigenvalue weighted by Gasteiger charge is -2.14. The van der Waals surface area contributed by atoms with Gasteiger partial charge in [0.05, 0.1) is 32.5 Å². The van der Waals surface area contributed by atoms with Crippen LogP contribution in [0.2, 0.25) is 0 Å². The van der Waals surface area contributed by atoms with Crippen molar-refractivity contribution in [2.24, 2.45) is 12.0 Å². The molecule has 0 bridgehead atoms. The monoisotopic (exact) mass is 436 g/mol. The predicted octanol–water partition coefficient (Wildman–Crippen LogP) is 1.95. The zero-order chi connectivity index (χ0) is 22.8. The molecule has 0 aliphatic rings. The molecule has 0 unspecified atom stereocenters. The normalized spacial score (nSPS) is 11.6. The van der Waals surface area contributed by atoms with Crippen molar-refractivity contribution in [1.82, 2.24) is 25.2 Å². The maximum atomic E-state index is 13.2. The number of aryl methyl sites for hydroxylation is 1. The maximum absolute atomic E-state index is 13.2. The topological polar surface area (TPSA) is 137 Å². The zero-order valence-corrected chi connectivity index (χ0v) is 17.8. The van der Waals surface area contributed by atoms with Gasteiger partial charge in [-0.1, -0.05) is 12.1 Å². The predicted molar refractivity (Wildman–Crippen MR) is 116 cm³/mol. The van der Waals surface area contributed by atoms with Crippen LogP contribution in [0.15, 0.2) is 46.2 Å². The molecule has 2 aromatic heterocycles. The number of H-pyrrole nitrogens is 1. The van der Waals surface area contributed by atoms with Gasteiger partial charge in [-0.15, -0.1) is 10.2 Å². The highest BCUT2D eigenvalue weighted by Crippen LogP contribution is 2.41. The third kappa shape index (κ3) is 3.39. The summed E-state index contributed by atoms with van der Waals surface area (Å²) in [6.07, 6.45) is 0. The number of benzene rings is 2. The average molecular weight is 436 g/mol. The minimum atomic E-state index is -0.475. The summed E-state index contributed by atoms with van der Waals surface area (Å²) in [7, 11) is 6.07. The van der Waals surface area contributed by atoms with E-state index in [1.807, 2.05) is 0 Å². The highest BCUT2D eigenvalue weighted by atomic mass is 16.5. The first-order valence-corrected chi connectivity index (χ1v) is 9.43. The zero-order valence-electron chi connectivity index (χ0n) is 17.8. The Morgan fingerprint density at radius 1 is 1.09 bits per heavy atom. The summed E-state index contributed by atoms with van der Waals surface area (Å²) < 4.78 is 17.5. The number of hydrogen-bond donors (Lipinski definition) is 2. The molecule has 11 heteroatoms. The van der Waals surface area contributed by atoms with Gasteiger partial charge >= 0.3 is 0 Å². The van der Waals surface area contributed by atoms with Gasteiger partial charge in [0.25, 0.3) is 5.56 Å². The van der Waals surface area contributed by atoms with Crippen LogP contribution in [0.25, 0.3) is 10.9 Å². The van der Waals surface area contributed by atoms with Crippen LogP contribution in [0.3, 0.4) is 0 Å². The lowest BCUT2D eigenvalue weighted by Crippen LogP contribution is -2.26. The van der Waals surface area contributed by atoms with Crippen molar-refractivity contribution in [3.05, 3.63) is 58.1 Å². The Kier molecular flexibility index (Phi) is 5.46. The summed E-state index contributed by atoms with van der Waals surface area (Å²) in [4.78, 5) is 17.8. The second-order valence-corrected chi connectivity index (χ2v) is 6.68. The molecular formula is C21H20N6O5. The summed E-state index contributed by atoms with van der Waals surface area (Å²) in [6, 6.07) is 10.2. The van der Waals surface area contributed by atoms with Crippen LogP contribution in [-0.2, 0) is 7.05 Å². The highest BCUT2D eigenvalue weighted by molar-refractivity contribution is 6.15. The van der Waals surface area contributed by atoms with Crippen molar-refractivity contribution < 1.29 is 19.3 Å². The van der Waals surface area contributed by atoms with E-state index < -0.39 is 5.56 Å². The standard InChI is InChI=1S/C21H20N6O5/c1-27-13-8-6-5-7-12(13)18(28)16(21(27)29)17(20-23-25-26-24-20)22-11-9-14(30-2)19(32-4)15(10-11)31-3/h5-10,28H,1-4H3,(H,23,24,25,26). The number of ether oxygens (including phenoxy) is 3. The second kappa shape index (κ2) is 8.38. The summed E-state index contributed by atoms with van der Waals surface area (Å²) in [5.74, 6) is 0.919.